The monoisotopic (exact) mass is 518 g/mol. The van der Waals surface area contributed by atoms with Gasteiger partial charge in [-0.05, 0) is 43.2 Å². The second-order valence-electron chi connectivity index (χ2n) is 6.78. The fourth-order valence-corrected chi connectivity index (χ4v) is 4.45. The highest BCUT2D eigenvalue weighted by Crippen LogP contribution is 2.40. The van der Waals surface area contributed by atoms with E-state index in [-0.39, 0.29) is 17.9 Å². The van der Waals surface area contributed by atoms with Crippen LogP contribution in [0, 0.1) is 24.0 Å². The summed E-state index contributed by atoms with van der Waals surface area (Å²) < 4.78 is 11.4. The number of anilines is 1. The summed E-state index contributed by atoms with van der Waals surface area (Å²) in [5, 5.41) is 13.9. The molecular formula is C22H19BrN2O6S. The third-order valence-electron chi connectivity index (χ3n) is 4.59. The van der Waals surface area contributed by atoms with Crippen molar-refractivity contribution in [1.29, 1.82) is 0 Å². The van der Waals surface area contributed by atoms with Gasteiger partial charge in [-0.25, -0.2) is 4.79 Å². The van der Waals surface area contributed by atoms with Gasteiger partial charge in [-0.2, -0.15) is 0 Å². The molecule has 3 aromatic rings. The van der Waals surface area contributed by atoms with Crippen molar-refractivity contribution in [1.82, 2.24) is 0 Å². The molecule has 32 heavy (non-hydrogen) atoms. The quantitative estimate of drug-likeness (QED) is 0.251. The van der Waals surface area contributed by atoms with E-state index < -0.39 is 16.8 Å². The third kappa shape index (κ3) is 5.14. The van der Waals surface area contributed by atoms with Crippen LogP contribution >= 0.6 is 27.3 Å². The van der Waals surface area contributed by atoms with Gasteiger partial charge in [0.05, 0.1) is 12.0 Å². The summed E-state index contributed by atoms with van der Waals surface area (Å²) >= 11 is 4.66. The minimum absolute atomic E-state index is 0.0587. The fraction of sp³-hybridized carbons (Fsp3) is 0.182. The lowest BCUT2D eigenvalue weighted by Crippen LogP contribution is -2.21. The van der Waals surface area contributed by atoms with E-state index in [4.69, 9.17) is 9.47 Å². The predicted octanol–water partition coefficient (Wildman–Crippen LogP) is 5.51. The largest absolute Gasteiger partial charge is 0.483 e. The Labute approximate surface area is 196 Å². The molecule has 0 unspecified atom stereocenters. The highest BCUT2D eigenvalue weighted by Gasteiger charge is 2.25. The molecule has 166 valence electrons. The van der Waals surface area contributed by atoms with E-state index in [0.717, 1.165) is 14.9 Å². The third-order valence-corrected chi connectivity index (χ3v) is 6.14. The molecule has 3 rings (SSSR count). The Morgan fingerprint density at radius 1 is 1.16 bits per heavy atom. The zero-order valence-corrected chi connectivity index (χ0v) is 19.8. The number of hydrogen-bond acceptors (Lipinski definition) is 7. The first-order valence-corrected chi connectivity index (χ1v) is 11.0. The van der Waals surface area contributed by atoms with Gasteiger partial charge in [0.1, 0.15) is 16.3 Å². The molecule has 1 aromatic heterocycles. The molecule has 1 N–H and O–H groups in total. The number of methoxy groups -OCH3 is 1. The van der Waals surface area contributed by atoms with Crippen LogP contribution in [0.3, 0.4) is 0 Å². The number of nitro groups is 1. The average Bonchev–Trinajstić information content (AvgIpc) is 3.08. The van der Waals surface area contributed by atoms with Gasteiger partial charge < -0.3 is 14.8 Å². The molecule has 10 heteroatoms. The standard InChI is InChI=1S/C22H19BrN2O6S/c1-12-10-16(25(28)29)8-9-17(12)31-11-18(26)24-21-20(22(27)30-3)19(13(2)32-21)14-4-6-15(23)7-5-14/h4-10H,11H2,1-3H3,(H,24,26). The lowest BCUT2D eigenvalue weighted by Gasteiger charge is -2.10. The number of nitro benzene ring substituents is 1. The highest BCUT2D eigenvalue weighted by atomic mass is 79.9. The van der Waals surface area contributed by atoms with Crippen molar-refractivity contribution < 1.29 is 24.0 Å². The van der Waals surface area contributed by atoms with Crippen molar-refractivity contribution in [3.63, 3.8) is 0 Å². The molecule has 0 bridgehead atoms. The first-order valence-electron chi connectivity index (χ1n) is 9.36. The SMILES string of the molecule is COC(=O)c1c(NC(=O)COc2ccc([N+](=O)[O-])cc2C)sc(C)c1-c1ccc(Br)cc1. The summed E-state index contributed by atoms with van der Waals surface area (Å²) in [7, 11) is 1.28. The van der Waals surface area contributed by atoms with Crippen LogP contribution in [0.4, 0.5) is 10.7 Å². The maximum atomic E-state index is 12.5. The van der Waals surface area contributed by atoms with E-state index in [2.05, 4.69) is 21.2 Å². The van der Waals surface area contributed by atoms with Crippen LogP contribution < -0.4 is 10.1 Å². The van der Waals surface area contributed by atoms with Gasteiger partial charge in [0, 0.05) is 27.0 Å². The molecule has 0 aliphatic heterocycles. The van der Waals surface area contributed by atoms with E-state index in [1.165, 1.54) is 36.6 Å². The second kappa shape index (κ2) is 9.92. The minimum atomic E-state index is -0.560. The van der Waals surface area contributed by atoms with Crippen LogP contribution in [-0.2, 0) is 9.53 Å². The number of carbonyl (C=O) groups excluding carboxylic acids is 2. The highest BCUT2D eigenvalue weighted by molar-refractivity contribution is 9.10. The number of rotatable bonds is 7. The predicted molar refractivity (Wildman–Crippen MR) is 125 cm³/mol. The Hall–Kier alpha value is -3.24. The van der Waals surface area contributed by atoms with Gasteiger partial charge in [-0.15, -0.1) is 11.3 Å². The summed E-state index contributed by atoms with van der Waals surface area (Å²) in [6.45, 7) is 3.19. The summed E-state index contributed by atoms with van der Waals surface area (Å²) in [6, 6.07) is 11.6. The molecule has 0 aliphatic rings. The average molecular weight is 519 g/mol. The van der Waals surface area contributed by atoms with Crippen LogP contribution in [-0.4, -0.2) is 30.5 Å². The number of amides is 1. The molecule has 0 atom stereocenters. The Kier molecular flexibility index (Phi) is 7.26. The number of ether oxygens (including phenoxy) is 2. The first kappa shape index (κ1) is 23.4. The number of non-ortho nitro benzene ring substituents is 1. The molecule has 8 nitrogen and oxygen atoms in total. The van der Waals surface area contributed by atoms with Gasteiger partial charge in [0.25, 0.3) is 11.6 Å². The molecule has 0 spiro atoms. The molecule has 0 fully saturated rings. The number of nitrogens with zero attached hydrogens (tertiary/aromatic N) is 1. The van der Waals surface area contributed by atoms with Crippen LogP contribution in [0.15, 0.2) is 46.9 Å². The van der Waals surface area contributed by atoms with E-state index >= 15 is 0 Å². The molecule has 0 saturated carbocycles. The van der Waals surface area contributed by atoms with E-state index in [9.17, 15) is 19.7 Å². The first-order chi connectivity index (χ1) is 15.2. The van der Waals surface area contributed by atoms with Gasteiger partial charge in [-0.1, -0.05) is 28.1 Å². The Morgan fingerprint density at radius 2 is 1.84 bits per heavy atom. The topological polar surface area (TPSA) is 108 Å². The van der Waals surface area contributed by atoms with Crippen molar-refractivity contribution >= 4 is 49.8 Å². The van der Waals surface area contributed by atoms with Crippen molar-refractivity contribution in [3.8, 4) is 16.9 Å². The maximum Gasteiger partial charge on any atom is 0.341 e. The van der Waals surface area contributed by atoms with E-state index in [1.807, 2.05) is 31.2 Å². The summed E-state index contributed by atoms with van der Waals surface area (Å²) in [4.78, 5) is 36.3. The summed E-state index contributed by atoms with van der Waals surface area (Å²) in [5.74, 6) is -0.678. The minimum Gasteiger partial charge on any atom is -0.483 e. The number of esters is 1. The van der Waals surface area contributed by atoms with Crippen LogP contribution in [0.25, 0.3) is 11.1 Å². The maximum absolute atomic E-state index is 12.5. The summed E-state index contributed by atoms with van der Waals surface area (Å²) in [5.41, 5.74) is 2.26. The molecule has 0 radical (unpaired) electrons. The fourth-order valence-electron chi connectivity index (χ4n) is 3.11. The molecule has 0 saturated heterocycles. The summed E-state index contributed by atoms with van der Waals surface area (Å²) in [6.07, 6.45) is 0. The van der Waals surface area contributed by atoms with Gasteiger partial charge in [-0.3, -0.25) is 14.9 Å². The molecule has 1 amide bonds. The van der Waals surface area contributed by atoms with E-state index in [0.29, 0.717) is 21.9 Å². The number of nitrogens with one attached hydrogen (secondary N) is 1. The van der Waals surface area contributed by atoms with E-state index in [1.54, 1.807) is 6.92 Å². The lowest BCUT2D eigenvalue weighted by atomic mass is 10.0. The van der Waals surface area contributed by atoms with Gasteiger partial charge in [0.15, 0.2) is 6.61 Å². The zero-order chi connectivity index (χ0) is 23.4. The lowest BCUT2D eigenvalue weighted by molar-refractivity contribution is -0.384. The number of thiophene rings is 1. The van der Waals surface area contributed by atoms with Crippen molar-refractivity contribution in [2.24, 2.45) is 0 Å². The number of halogens is 1. The normalized spacial score (nSPS) is 10.5. The molecule has 1 heterocycles. The molecular weight excluding hydrogens is 500 g/mol. The van der Waals surface area contributed by atoms with Crippen LogP contribution in [0.2, 0.25) is 0 Å². The van der Waals surface area contributed by atoms with Crippen LogP contribution in [0.1, 0.15) is 20.8 Å². The van der Waals surface area contributed by atoms with Crippen molar-refractivity contribution in [2.45, 2.75) is 13.8 Å². The Morgan fingerprint density at radius 3 is 2.44 bits per heavy atom. The number of hydrogen-bond donors (Lipinski definition) is 1. The second-order valence-corrected chi connectivity index (χ2v) is 8.92. The Bertz CT molecular complexity index is 1190. The van der Waals surface area contributed by atoms with Gasteiger partial charge >= 0.3 is 5.97 Å². The number of benzene rings is 2. The number of aryl methyl sites for hydroxylation is 2. The zero-order valence-electron chi connectivity index (χ0n) is 17.4. The smallest absolute Gasteiger partial charge is 0.341 e. The Balaban J connectivity index is 1.81. The molecule has 2 aromatic carbocycles. The van der Waals surface area contributed by atoms with Crippen molar-refractivity contribution in [3.05, 3.63) is 73.1 Å². The van der Waals surface area contributed by atoms with Gasteiger partial charge in [0.2, 0.25) is 0 Å². The number of carbonyl (C=O) groups is 2. The van der Waals surface area contributed by atoms with Crippen molar-refractivity contribution in [2.75, 3.05) is 19.0 Å². The van der Waals surface area contributed by atoms with Crippen LogP contribution in [0.5, 0.6) is 5.75 Å². The molecule has 0 aliphatic carbocycles.